The molecule has 1 aromatic rings. The molecule has 0 aromatic carbocycles. The van der Waals surface area contributed by atoms with Gasteiger partial charge in [0, 0.05) is 24.2 Å². The average molecular weight is 225 g/mol. The van der Waals surface area contributed by atoms with Crippen molar-refractivity contribution in [3.05, 3.63) is 17.8 Å². The van der Waals surface area contributed by atoms with Crippen LogP contribution in [0.25, 0.3) is 0 Å². The largest absolute Gasteiger partial charge is 0.496 e. The highest BCUT2D eigenvalue weighted by Gasteiger charge is 2.06. The normalized spacial score (nSPS) is 9.69. The number of esters is 1. The standard InChI is InChI=1S/C11H15NO4/c1-14-9-6-8(4-5-11(13)16-3)12-10(7-9)15-2/h6-7H,4-5H2,1-3H3. The number of aromatic nitrogens is 1. The van der Waals surface area contributed by atoms with Gasteiger partial charge in [-0.15, -0.1) is 0 Å². The minimum Gasteiger partial charge on any atom is -0.496 e. The minimum atomic E-state index is -0.261. The number of aryl methyl sites for hydroxylation is 1. The van der Waals surface area contributed by atoms with Crippen molar-refractivity contribution in [2.24, 2.45) is 0 Å². The maximum Gasteiger partial charge on any atom is 0.305 e. The lowest BCUT2D eigenvalue weighted by Gasteiger charge is -2.06. The van der Waals surface area contributed by atoms with Gasteiger partial charge in [-0.25, -0.2) is 4.98 Å². The lowest BCUT2D eigenvalue weighted by Crippen LogP contribution is -2.03. The van der Waals surface area contributed by atoms with Gasteiger partial charge in [0.25, 0.3) is 0 Å². The van der Waals surface area contributed by atoms with Crippen LogP contribution in [-0.4, -0.2) is 32.3 Å². The highest BCUT2D eigenvalue weighted by atomic mass is 16.5. The van der Waals surface area contributed by atoms with Crippen LogP contribution in [0.15, 0.2) is 12.1 Å². The zero-order valence-electron chi connectivity index (χ0n) is 9.65. The van der Waals surface area contributed by atoms with E-state index >= 15 is 0 Å². The Hall–Kier alpha value is -1.78. The van der Waals surface area contributed by atoms with Crippen molar-refractivity contribution in [3.8, 4) is 11.6 Å². The molecule has 0 fully saturated rings. The molecule has 0 radical (unpaired) electrons. The number of pyridine rings is 1. The van der Waals surface area contributed by atoms with E-state index in [1.807, 2.05) is 0 Å². The van der Waals surface area contributed by atoms with Crippen LogP contribution in [0, 0.1) is 0 Å². The molecule has 1 heterocycles. The number of rotatable bonds is 5. The van der Waals surface area contributed by atoms with Gasteiger partial charge in [0.15, 0.2) is 0 Å². The van der Waals surface area contributed by atoms with E-state index in [1.165, 1.54) is 14.2 Å². The van der Waals surface area contributed by atoms with Crippen molar-refractivity contribution in [2.75, 3.05) is 21.3 Å². The summed E-state index contributed by atoms with van der Waals surface area (Å²) in [5.41, 5.74) is 0.738. The van der Waals surface area contributed by atoms with E-state index < -0.39 is 0 Å². The van der Waals surface area contributed by atoms with Gasteiger partial charge in [-0.1, -0.05) is 0 Å². The number of hydrogen-bond acceptors (Lipinski definition) is 5. The molecule has 0 unspecified atom stereocenters. The monoisotopic (exact) mass is 225 g/mol. The maximum absolute atomic E-state index is 11.0. The molecule has 0 N–H and O–H groups in total. The summed E-state index contributed by atoms with van der Waals surface area (Å²) in [4.78, 5) is 15.2. The Morgan fingerprint density at radius 2 is 2.00 bits per heavy atom. The maximum atomic E-state index is 11.0. The summed E-state index contributed by atoms with van der Waals surface area (Å²) in [6.07, 6.45) is 0.792. The highest BCUT2D eigenvalue weighted by molar-refractivity contribution is 5.69. The Bertz CT molecular complexity index is 343. The smallest absolute Gasteiger partial charge is 0.305 e. The molecule has 5 heteroatoms. The summed E-state index contributed by atoms with van der Waals surface area (Å²) in [7, 11) is 4.46. The molecule has 16 heavy (non-hydrogen) atoms. The van der Waals surface area contributed by atoms with E-state index in [4.69, 9.17) is 9.47 Å². The van der Waals surface area contributed by atoms with Crippen LogP contribution in [0.5, 0.6) is 11.6 Å². The topological polar surface area (TPSA) is 57.7 Å². The third-order valence-electron chi connectivity index (χ3n) is 2.09. The van der Waals surface area contributed by atoms with E-state index in [2.05, 4.69) is 9.72 Å². The summed E-state index contributed by atoms with van der Waals surface area (Å²) >= 11 is 0. The lowest BCUT2D eigenvalue weighted by molar-refractivity contribution is -0.140. The number of hydrogen-bond donors (Lipinski definition) is 0. The van der Waals surface area contributed by atoms with Crippen LogP contribution in [0.1, 0.15) is 12.1 Å². The van der Waals surface area contributed by atoms with Crippen molar-refractivity contribution in [3.63, 3.8) is 0 Å². The summed E-state index contributed by atoms with van der Waals surface area (Å²) in [5, 5.41) is 0. The van der Waals surface area contributed by atoms with Crippen molar-refractivity contribution in [1.29, 1.82) is 0 Å². The first-order valence-corrected chi connectivity index (χ1v) is 4.85. The SMILES string of the molecule is COC(=O)CCc1cc(OC)cc(OC)n1. The molecular formula is C11H15NO4. The van der Waals surface area contributed by atoms with Gasteiger partial charge in [-0.2, -0.15) is 0 Å². The fourth-order valence-electron chi connectivity index (χ4n) is 1.22. The van der Waals surface area contributed by atoms with Crippen molar-refractivity contribution in [1.82, 2.24) is 4.98 Å². The highest BCUT2D eigenvalue weighted by Crippen LogP contribution is 2.19. The molecule has 1 rings (SSSR count). The lowest BCUT2D eigenvalue weighted by atomic mass is 10.2. The predicted octanol–water partition coefficient (Wildman–Crippen LogP) is 1.20. The van der Waals surface area contributed by atoms with Gasteiger partial charge in [0.05, 0.1) is 27.8 Å². The van der Waals surface area contributed by atoms with E-state index in [9.17, 15) is 4.79 Å². The third kappa shape index (κ3) is 3.42. The second-order valence-electron chi connectivity index (χ2n) is 3.12. The molecule has 0 amide bonds. The van der Waals surface area contributed by atoms with E-state index in [1.54, 1.807) is 19.2 Å². The first-order valence-electron chi connectivity index (χ1n) is 4.85. The number of methoxy groups -OCH3 is 3. The molecule has 1 aromatic heterocycles. The van der Waals surface area contributed by atoms with Gasteiger partial charge in [0.1, 0.15) is 5.75 Å². The zero-order chi connectivity index (χ0) is 12.0. The fraction of sp³-hybridized carbons (Fsp3) is 0.455. The van der Waals surface area contributed by atoms with Crippen molar-refractivity contribution < 1.29 is 19.0 Å². The third-order valence-corrected chi connectivity index (χ3v) is 2.09. The van der Waals surface area contributed by atoms with Crippen LogP contribution in [0.4, 0.5) is 0 Å². The number of nitrogens with zero attached hydrogens (tertiary/aromatic N) is 1. The Morgan fingerprint density at radius 1 is 1.25 bits per heavy atom. The van der Waals surface area contributed by atoms with Crippen molar-refractivity contribution in [2.45, 2.75) is 12.8 Å². The van der Waals surface area contributed by atoms with Crippen LogP contribution in [-0.2, 0) is 16.0 Å². The molecule has 0 aliphatic heterocycles. The Balaban J connectivity index is 2.74. The molecule has 0 saturated carbocycles. The second-order valence-corrected chi connectivity index (χ2v) is 3.12. The summed E-state index contributed by atoms with van der Waals surface area (Å²) in [5.74, 6) is 0.870. The first-order chi connectivity index (χ1) is 7.69. The van der Waals surface area contributed by atoms with Gasteiger partial charge in [-0.3, -0.25) is 4.79 Å². The van der Waals surface area contributed by atoms with Crippen LogP contribution >= 0.6 is 0 Å². The fourth-order valence-corrected chi connectivity index (χ4v) is 1.22. The molecule has 0 atom stereocenters. The average Bonchev–Trinajstić information content (AvgIpc) is 2.35. The summed E-state index contributed by atoms with van der Waals surface area (Å²) in [6, 6.07) is 3.45. The van der Waals surface area contributed by atoms with Gasteiger partial charge >= 0.3 is 5.97 Å². The Morgan fingerprint density at radius 3 is 2.56 bits per heavy atom. The summed E-state index contributed by atoms with van der Waals surface area (Å²) < 4.78 is 14.7. The molecule has 0 aliphatic carbocycles. The number of ether oxygens (including phenoxy) is 3. The molecular weight excluding hydrogens is 210 g/mol. The summed E-state index contributed by atoms with van der Waals surface area (Å²) in [6.45, 7) is 0. The van der Waals surface area contributed by atoms with E-state index in [-0.39, 0.29) is 5.97 Å². The molecule has 0 saturated heterocycles. The van der Waals surface area contributed by atoms with Crippen LogP contribution < -0.4 is 9.47 Å². The first kappa shape index (κ1) is 12.3. The zero-order valence-corrected chi connectivity index (χ0v) is 9.65. The van der Waals surface area contributed by atoms with Crippen molar-refractivity contribution >= 4 is 5.97 Å². The molecule has 5 nitrogen and oxygen atoms in total. The molecule has 0 spiro atoms. The molecule has 88 valence electrons. The van der Waals surface area contributed by atoms with Crippen LogP contribution in [0.2, 0.25) is 0 Å². The van der Waals surface area contributed by atoms with Gasteiger partial charge in [-0.05, 0) is 0 Å². The molecule has 0 bridgehead atoms. The second kappa shape index (κ2) is 5.95. The number of carbonyl (C=O) groups excluding carboxylic acids is 1. The van der Waals surface area contributed by atoms with Gasteiger partial charge in [0.2, 0.25) is 5.88 Å². The van der Waals surface area contributed by atoms with Gasteiger partial charge < -0.3 is 14.2 Å². The Labute approximate surface area is 94.3 Å². The van der Waals surface area contributed by atoms with Crippen LogP contribution in [0.3, 0.4) is 0 Å². The minimum absolute atomic E-state index is 0.261. The number of carbonyl (C=O) groups is 1. The predicted molar refractivity (Wildman–Crippen MR) is 57.7 cm³/mol. The molecule has 0 aliphatic rings. The Kier molecular flexibility index (Phi) is 4.57. The quantitative estimate of drug-likeness (QED) is 0.705. The van der Waals surface area contributed by atoms with E-state index in [0.29, 0.717) is 24.5 Å². The van der Waals surface area contributed by atoms with E-state index in [0.717, 1.165) is 5.69 Å².